The van der Waals surface area contributed by atoms with E-state index in [9.17, 15) is 24.3 Å². The average Bonchev–Trinajstić information content (AvgIpc) is 3.61. The van der Waals surface area contributed by atoms with Crippen LogP contribution in [0.2, 0.25) is 0 Å². The van der Waals surface area contributed by atoms with Crippen LogP contribution >= 0.6 is 0 Å². The number of likely N-dealkylation sites (tertiary alicyclic amines) is 1. The van der Waals surface area contributed by atoms with Crippen LogP contribution in [0.1, 0.15) is 36.8 Å². The van der Waals surface area contributed by atoms with Gasteiger partial charge in [-0.3, -0.25) is 19.3 Å². The molecular weight excluding hydrogens is 500 g/mol. The number of amides is 4. The summed E-state index contributed by atoms with van der Waals surface area (Å²) >= 11 is 0. The number of aliphatic hydroxyl groups is 1. The molecule has 0 unspecified atom stereocenters. The van der Waals surface area contributed by atoms with Gasteiger partial charge in [0.25, 0.3) is 5.91 Å². The minimum absolute atomic E-state index is 0.0891. The fourth-order valence-corrected chi connectivity index (χ4v) is 5.04. The lowest BCUT2D eigenvalue weighted by Crippen LogP contribution is -2.56. The molecule has 2 aliphatic heterocycles. The first kappa shape index (κ1) is 28.1. The molecule has 2 aromatic rings. The van der Waals surface area contributed by atoms with E-state index in [1.165, 1.54) is 4.90 Å². The Labute approximate surface area is 228 Å². The lowest BCUT2D eigenvalue weighted by molar-refractivity contribution is -0.134. The number of rotatable bonds is 11. The van der Waals surface area contributed by atoms with Crippen LogP contribution in [0.4, 0.5) is 4.79 Å². The monoisotopic (exact) mass is 536 g/mol. The number of benzene rings is 2. The van der Waals surface area contributed by atoms with E-state index in [0.29, 0.717) is 45.3 Å². The van der Waals surface area contributed by atoms with Gasteiger partial charge in [0.2, 0.25) is 11.8 Å². The van der Waals surface area contributed by atoms with Crippen molar-refractivity contribution in [3.8, 4) is 0 Å². The molecule has 4 amide bonds. The Balaban J connectivity index is 1.36. The van der Waals surface area contributed by atoms with E-state index >= 15 is 0 Å². The van der Waals surface area contributed by atoms with E-state index < -0.39 is 42.0 Å². The van der Waals surface area contributed by atoms with Gasteiger partial charge in [0.05, 0.1) is 6.04 Å². The van der Waals surface area contributed by atoms with Crippen LogP contribution in [-0.2, 0) is 32.1 Å². The first-order valence-corrected chi connectivity index (χ1v) is 13.5. The van der Waals surface area contributed by atoms with Gasteiger partial charge in [-0.05, 0) is 43.2 Å². The van der Waals surface area contributed by atoms with E-state index in [1.807, 2.05) is 60.7 Å². The number of ether oxygens (including phenoxy) is 1. The predicted octanol–water partition coefficient (Wildman–Crippen LogP) is 1.52. The molecule has 0 radical (unpaired) electrons. The first-order chi connectivity index (χ1) is 18.9. The zero-order chi connectivity index (χ0) is 27.6. The van der Waals surface area contributed by atoms with Crippen LogP contribution in [-0.4, -0.2) is 71.6 Å². The van der Waals surface area contributed by atoms with Gasteiger partial charge in [0.15, 0.2) is 6.10 Å². The highest BCUT2D eigenvalue weighted by Gasteiger charge is 2.39. The predicted molar refractivity (Wildman–Crippen MR) is 143 cm³/mol. The fraction of sp³-hybridized carbons (Fsp3) is 0.448. The standard InChI is InChI=1S/C29H36N4O6/c34-25(28(37)31-15-13-20-8-3-1-4-9-20)23(18-22-14-16-30-26(22)35)32-27(36)24-12-7-17-33(24)29(38)39-19-21-10-5-2-6-11-21/h1-6,8-11,22-25,34H,7,12-19H2,(H,30,35)(H,31,37)(H,32,36)/t22-,23-,24-,25+/m0/s1. The molecule has 208 valence electrons. The van der Waals surface area contributed by atoms with Crippen LogP contribution in [0.25, 0.3) is 0 Å². The summed E-state index contributed by atoms with van der Waals surface area (Å²) in [6, 6.07) is 17.1. The van der Waals surface area contributed by atoms with Gasteiger partial charge in [-0.15, -0.1) is 0 Å². The maximum Gasteiger partial charge on any atom is 0.410 e. The second-order valence-corrected chi connectivity index (χ2v) is 9.99. The average molecular weight is 537 g/mol. The van der Waals surface area contributed by atoms with E-state index in [1.54, 1.807) is 0 Å². The molecule has 4 N–H and O–H groups in total. The molecule has 2 aromatic carbocycles. The zero-order valence-electron chi connectivity index (χ0n) is 21.9. The molecule has 2 fully saturated rings. The van der Waals surface area contributed by atoms with Crippen molar-refractivity contribution >= 4 is 23.8 Å². The van der Waals surface area contributed by atoms with Crippen molar-refractivity contribution < 1.29 is 29.0 Å². The second kappa shape index (κ2) is 13.7. The number of hydrogen-bond acceptors (Lipinski definition) is 6. The molecule has 0 bridgehead atoms. The third-order valence-electron chi connectivity index (χ3n) is 7.23. The molecule has 0 aromatic heterocycles. The van der Waals surface area contributed by atoms with Gasteiger partial charge in [-0.2, -0.15) is 0 Å². The highest BCUT2D eigenvalue weighted by atomic mass is 16.6. The summed E-state index contributed by atoms with van der Waals surface area (Å²) in [5.74, 6) is -1.71. The largest absolute Gasteiger partial charge is 0.445 e. The van der Waals surface area contributed by atoms with Crippen molar-refractivity contribution in [2.75, 3.05) is 19.6 Å². The third-order valence-corrected chi connectivity index (χ3v) is 7.23. The Hall–Kier alpha value is -3.92. The van der Waals surface area contributed by atoms with E-state index in [-0.39, 0.29) is 18.9 Å². The van der Waals surface area contributed by atoms with Crippen molar-refractivity contribution in [1.29, 1.82) is 0 Å². The SMILES string of the molecule is O=C1NCC[C@H]1C[C@H](NC(=O)[C@@H]1CCCN1C(=O)OCc1ccccc1)[C@@H](O)C(=O)NCCc1ccccc1. The van der Waals surface area contributed by atoms with Gasteiger partial charge in [-0.1, -0.05) is 60.7 Å². The van der Waals surface area contributed by atoms with Crippen LogP contribution in [0.3, 0.4) is 0 Å². The number of nitrogens with one attached hydrogen (secondary N) is 3. The molecule has 4 atom stereocenters. The van der Waals surface area contributed by atoms with Gasteiger partial charge in [0.1, 0.15) is 12.6 Å². The molecule has 0 saturated carbocycles. The number of carbonyl (C=O) groups excluding carboxylic acids is 4. The van der Waals surface area contributed by atoms with Crippen LogP contribution < -0.4 is 16.0 Å². The van der Waals surface area contributed by atoms with Crippen molar-refractivity contribution in [2.24, 2.45) is 5.92 Å². The highest BCUT2D eigenvalue weighted by molar-refractivity contribution is 5.88. The number of nitrogens with zero attached hydrogens (tertiary/aromatic N) is 1. The van der Waals surface area contributed by atoms with Gasteiger partial charge in [0, 0.05) is 25.6 Å². The summed E-state index contributed by atoms with van der Waals surface area (Å²) in [6.45, 7) is 1.27. The summed E-state index contributed by atoms with van der Waals surface area (Å²) < 4.78 is 5.43. The molecule has 0 spiro atoms. The number of aliphatic hydroxyl groups excluding tert-OH is 1. The van der Waals surface area contributed by atoms with Crippen molar-refractivity contribution in [3.63, 3.8) is 0 Å². The van der Waals surface area contributed by atoms with Crippen LogP contribution in [0, 0.1) is 5.92 Å². The normalized spacial score (nSPS) is 20.1. The van der Waals surface area contributed by atoms with Crippen LogP contribution in [0.5, 0.6) is 0 Å². The number of carbonyl (C=O) groups is 4. The van der Waals surface area contributed by atoms with E-state index in [4.69, 9.17) is 4.74 Å². The zero-order valence-corrected chi connectivity index (χ0v) is 21.9. The Bertz CT molecular complexity index is 1130. The molecule has 39 heavy (non-hydrogen) atoms. The van der Waals surface area contributed by atoms with Crippen molar-refractivity contribution in [1.82, 2.24) is 20.9 Å². The summed E-state index contributed by atoms with van der Waals surface area (Å²) in [6.07, 6.45) is 0.147. The Morgan fingerprint density at radius 3 is 2.38 bits per heavy atom. The van der Waals surface area contributed by atoms with Crippen molar-refractivity contribution in [2.45, 2.75) is 56.9 Å². The molecule has 2 heterocycles. The Kier molecular flexibility index (Phi) is 9.91. The molecule has 2 saturated heterocycles. The minimum atomic E-state index is -1.56. The molecular formula is C29H36N4O6. The van der Waals surface area contributed by atoms with Gasteiger partial charge < -0.3 is 25.8 Å². The second-order valence-electron chi connectivity index (χ2n) is 9.99. The van der Waals surface area contributed by atoms with Crippen LogP contribution in [0.15, 0.2) is 60.7 Å². The fourth-order valence-electron chi connectivity index (χ4n) is 5.04. The minimum Gasteiger partial charge on any atom is -0.445 e. The molecule has 10 heteroatoms. The lowest BCUT2D eigenvalue weighted by atomic mass is 9.94. The summed E-state index contributed by atoms with van der Waals surface area (Å²) in [5.41, 5.74) is 1.88. The molecule has 4 rings (SSSR count). The smallest absolute Gasteiger partial charge is 0.410 e. The Morgan fingerprint density at radius 1 is 1.03 bits per heavy atom. The van der Waals surface area contributed by atoms with Crippen molar-refractivity contribution in [3.05, 3.63) is 71.8 Å². The van der Waals surface area contributed by atoms with E-state index in [2.05, 4.69) is 16.0 Å². The van der Waals surface area contributed by atoms with Gasteiger partial charge in [-0.25, -0.2) is 4.79 Å². The maximum atomic E-state index is 13.3. The summed E-state index contributed by atoms with van der Waals surface area (Å²) in [5, 5.41) is 19.2. The molecule has 0 aliphatic carbocycles. The first-order valence-electron chi connectivity index (χ1n) is 13.5. The topological polar surface area (TPSA) is 137 Å². The van der Waals surface area contributed by atoms with Gasteiger partial charge >= 0.3 is 6.09 Å². The Morgan fingerprint density at radius 2 is 1.72 bits per heavy atom. The molecule has 10 nitrogen and oxygen atoms in total. The quantitative estimate of drug-likeness (QED) is 0.344. The third kappa shape index (κ3) is 7.79. The molecule has 2 aliphatic rings. The highest BCUT2D eigenvalue weighted by Crippen LogP contribution is 2.22. The lowest BCUT2D eigenvalue weighted by Gasteiger charge is -2.29. The van der Waals surface area contributed by atoms with E-state index in [0.717, 1.165) is 11.1 Å². The summed E-state index contributed by atoms with van der Waals surface area (Å²) in [7, 11) is 0. The summed E-state index contributed by atoms with van der Waals surface area (Å²) in [4.78, 5) is 52.5. The number of hydrogen-bond donors (Lipinski definition) is 4. The maximum absolute atomic E-state index is 13.3.